The average Bonchev–Trinajstić information content (AvgIpc) is 2.67. The number of carbonyl (C=O) groups excluding carboxylic acids is 1. The minimum absolute atomic E-state index is 0.274. The Kier molecular flexibility index (Phi) is 5.77. The summed E-state index contributed by atoms with van der Waals surface area (Å²) in [5.74, 6) is -0.274. The van der Waals surface area contributed by atoms with Crippen LogP contribution in [0.3, 0.4) is 0 Å². The molecule has 0 spiro atoms. The third-order valence-corrected chi connectivity index (χ3v) is 2.83. The Labute approximate surface area is 98.8 Å². The Morgan fingerprint density at radius 3 is 3.00 bits per heavy atom. The molecule has 0 unspecified atom stereocenters. The van der Waals surface area contributed by atoms with E-state index in [1.165, 1.54) is 6.08 Å². The number of hydrogen-bond donors (Lipinski definition) is 1. The van der Waals surface area contributed by atoms with Gasteiger partial charge in [-0.3, -0.25) is 9.63 Å². The summed E-state index contributed by atoms with van der Waals surface area (Å²) in [7, 11) is 1.57. The van der Waals surface area contributed by atoms with Gasteiger partial charge < -0.3 is 4.74 Å². The summed E-state index contributed by atoms with van der Waals surface area (Å²) in [5, 5.41) is 1.99. The molecule has 88 valence electrons. The van der Waals surface area contributed by atoms with Crippen LogP contribution in [0.2, 0.25) is 0 Å². The van der Waals surface area contributed by atoms with Gasteiger partial charge in [0.05, 0.1) is 13.2 Å². The molecule has 4 nitrogen and oxygen atoms in total. The summed E-state index contributed by atoms with van der Waals surface area (Å²) >= 11 is 1.60. The first-order valence-corrected chi connectivity index (χ1v) is 5.75. The van der Waals surface area contributed by atoms with Crippen LogP contribution in [0.15, 0.2) is 17.5 Å². The largest absolute Gasteiger partial charge is 0.382 e. The lowest BCUT2D eigenvalue weighted by molar-refractivity contribution is -0.129. The Morgan fingerprint density at radius 2 is 2.38 bits per heavy atom. The molecule has 1 rings (SSSR count). The molecule has 0 saturated heterocycles. The number of aryl methyl sites for hydroxylation is 1. The number of hydrogen-bond acceptors (Lipinski definition) is 4. The zero-order valence-corrected chi connectivity index (χ0v) is 10.2. The van der Waals surface area contributed by atoms with E-state index in [2.05, 4.69) is 5.48 Å². The van der Waals surface area contributed by atoms with Gasteiger partial charge in [-0.2, -0.15) is 0 Å². The lowest BCUT2D eigenvalue weighted by atomic mass is 10.3. The van der Waals surface area contributed by atoms with Crippen molar-refractivity contribution >= 4 is 23.3 Å². The second kappa shape index (κ2) is 7.16. The maximum absolute atomic E-state index is 11.3. The first-order chi connectivity index (χ1) is 7.74. The summed E-state index contributed by atoms with van der Waals surface area (Å²) < 4.78 is 4.77. The number of thiophene rings is 1. The minimum atomic E-state index is -0.274. The Hall–Kier alpha value is -1.17. The van der Waals surface area contributed by atoms with E-state index in [0.717, 1.165) is 10.4 Å². The van der Waals surface area contributed by atoms with Crippen molar-refractivity contribution in [3.63, 3.8) is 0 Å². The zero-order chi connectivity index (χ0) is 11.8. The quantitative estimate of drug-likeness (QED) is 0.469. The Morgan fingerprint density at radius 1 is 1.56 bits per heavy atom. The molecule has 1 aromatic heterocycles. The number of hydroxylamine groups is 1. The molecule has 1 aromatic rings. The highest BCUT2D eigenvalue weighted by molar-refractivity contribution is 7.11. The summed E-state index contributed by atoms with van der Waals surface area (Å²) in [6, 6.07) is 2.01. The molecule has 16 heavy (non-hydrogen) atoms. The van der Waals surface area contributed by atoms with Crippen molar-refractivity contribution in [2.45, 2.75) is 6.92 Å². The van der Waals surface area contributed by atoms with E-state index < -0.39 is 0 Å². The highest BCUT2D eigenvalue weighted by Crippen LogP contribution is 2.16. The summed E-state index contributed by atoms with van der Waals surface area (Å²) in [6.07, 6.45) is 3.22. The maximum Gasteiger partial charge on any atom is 0.267 e. The van der Waals surface area contributed by atoms with Gasteiger partial charge in [-0.15, -0.1) is 11.3 Å². The molecule has 1 N–H and O–H groups in total. The number of carbonyl (C=O) groups is 1. The van der Waals surface area contributed by atoms with Crippen LogP contribution in [0.5, 0.6) is 0 Å². The molecule has 0 aliphatic carbocycles. The van der Waals surface area contributed by atoms with E-state index in [1.807, 2.05) is 18.4 Å². The Bertz CT molecular complexity index is 360. The molecule has 0 fully saturated rings. The normalized spacial score (nSPS) is 10.9. The molecule has 1 amide bonds. The second-order valence-corrected chi connectivity index (χ2v) is 4.06. The number of nitrogens with one attached hydrogen (secondary N) is 1. The van der Waals surface area contributed by atoms with Crippen molar-refractivity contribution < 1.29 is 14.4 Å². The van der Waals surface area contributed by atoms with Crippen molar-refractivity contribution in [3.8, 4) is 0 Å². The monoisotopic (exact) mass is 241 g/mol. The van der Waals surface area contributed by atoms with Gasteiger partial charge in [0.15, 0.2) is 0 Å². The van der Waals surface area contributed by atoms with E-state index in [0.29, 0.717) is 13.2 Å². The second-order valence-electron chi connectivity index (χ2n) is 3.11. The maximum atomic E-state index is 11.3. The van der Waals surface area contributed by atoms with Crippen LogP contribution < -0.4 is 5.48 Å². The fourth-order valence-corrected chi connectivity index (χ4v) is 1.81. The van der Waals surface area contributed by atoms with Crippen LogP contribution in [0.1, 0.15) is 10.4 Å². The molecule has 0 aliphatic rings. The predicted octanol–water partition coefficient (Wildman–Crippen LogP) is 1.76. The van der Waals surface area contributed by atoms with Crippen molar-refractivity contribution in [2.75, 3.05) is 20.3 Å². The number of rotatable bonds is 6. The standard InChI is InChI=1S/C11H15NO3S/c1-9-5-8-16-10(9)3-4-11(13)12-15-7-6-14-2/h3-5,8H,6-7H2,1-2H3,(H,12,13)/b4-3+. The van der Waals surface area contributed by atoms with Crippen molar-refractivity contribution in [2.24, 2.45) is 0 Å². The SMILES string of the molecule is COCCONC(=O)/C=C/c1sccc1C. The summed E-state index contributed by atoms with van der Waals surface area (Å²) in [5.41, 5.74) is 3.46. The predicted molar refractivity (Wildman–Crippen MR) is 64.1 cm³/mol. The smallest absolute Gasteiger partial charge is 0.267 e. The molecule has 0 atom stereocenters. The lowest BCUT2D eigenvalue weighted by Gasteiger charge is -2.01. The van der Waals surface area contributed by atoms with Crippen molar-refractivity contribution in [3.05, 3.63) is 28.0 Å². The van der Waals surface area contributed by atoms with Crippen molar-refractivity contribution in [1.29, 1.82) is 0 Å². The fourth-order valence-electron chi connectivity index (χ4n) is 0.988. The fraction of sp³-hybridized carbons (Fsp3) is 0.364. The summed E-state index contributed by atoms with van der Waals surface area (Å²) in [6.45, 7) is 2.80. The van der Waals surface area contributed by atoms with Crippen LogP contribution in [0.25, 0.3) is 6.08 Å². The molecular weight excluding hydrogens is 226 g/mol. The first-order valence-electron chi connectivity index (χ1n) is 4.87. The van der Waals surface area contributed by atoms with Gasteiger partial charge in [-0.1, -0.05) is 0 Å². The van der Waals surface area contributed by atoms with E-state index in [-0.39, 0.29) is 5.91 Å². The van der Waals surface area contributed by atoms with Gasteiger partial charge in [0, 0.05) is 18.1 Å². The number of methoxy groups -OCH3 is 1. The van der Waals surface area contributed by atoms with E-state index in [4.69, 9.17) is 9.57 Å². The molecular formula is C11H15NO3S. The molecule has 5 heteroatoms. The Balaban J connectivity index is 2.29. The van der Waals surface area contributed by atoms with Gasteiger partial charge in [-0.05, 0) is 30.0 Å². The molecule has 0 aromatic carbocycles. The van der Waals surface area contributed by atoms with Crippen LogP contribution in [-0.4, -0.2) is 26.2 Å². The van der Waals surface area contributed by atoms with Gasteiger partial charge in [0.25, 0.3) is 5.91 Å². The van der Waals surface area contributed by atoms with Gasteiger partial charge in [0.2, 0.25) is 0 Å². The molecule has 0 aliphatic heterocycles. The molecule has 1 heterocycles. The van der Waals surface area contributed by atoms with Gasteiger partial charge in [0.1, 0.15) is 0 Å². The van der Waals surface area contributed by atoms with Gasteiger partial charge >= 0.3 is 0 Å². The minimum Gasteiger partial charge on any atom is -0.382 e. The molecule has 0 radical (unpaired) electrons. The lowest BCUT2D eigenvalue weighted by Crippen LogP contribution is -2.23. The van der Waals surface area contributed by atoms with Crippen molar-refractivity contribution in [1.82, 2.24) is 5.48 Å². The molecule has 0 bridgehead atoms. The van der Waals surface area contributed by atoms with Crippen LogP contribution in [-0.2, 0) is 14.4 Å². The van der Waals surface area contributed by atoms with E-state index in [9.17, 15) is 4.79 Å². The van der Waals surface area contributed by atoms with Crippen LogP contribution >= 0.6 is 11.3 Å². The highest BCUT2D eigenvalue weighted by atomic mass is 32.1. The number of amides is 1. The van der Waals surface area contributed by atoms with E-state index >= 15 is 0 Å². The third kappa shape index (κ3) is 4.57. The first kappa shape index (κ1) is 12.9. The van der Waals surface area contributed by atoms with Gasteiger partial charge in [-0.25, -0.2) is 5.48 Å². The van der Waals surface area contributed by atoms with Crippen LogP contribution in [0, 0.1) is 6.92 Å². The topological polar surface area (TPSA) is 47.6 Å². The molecule has 0 saturated carbocycles. The summed E-state index contributed by atoms with van der Waals surface area (Å²) in [4.78, 5) is 17.2. The van der Waals surface area contributed by atoms with Crippen LogP contribution in [0.4, 0.5) is 0 Å². The van der Waals surface area contributed by atoms with E-state index in [1.54, 1.807) is 24.5 Å². The zero-order valence-electron chi connectivity index (χ0n) is 9.36. The number of ether oxygens (including phenoxy) is 1. The average molecular weight is 241 g/mol. The highest BCUT2D eigenvalue weighted by Gasteiger charge is 1.97. The third-order valence-electron chi connectivity index (χ3n) is 1.85.